The third kappa shape index (κ3) is 2.28. The zero-order chi connectivity index (χ0) is 15.0. The second kappa shape index (κ2) is 5.03. The van der Waals surface area contributed by atoms with Gasteiger partial charge >= 0.3 is 11.7 Å². The summed E-state index contributed by atoms with van der Waals surface area (Å²) in [5.74, 6) is -3.73. The van der Waals surface area contributed by atoms with E-state index >= 15 is 0 Å². The van der Waals surface area contributed by atoms with Gasteiger partial charge < -0.3 is 10.0 Å². The summed E-state index contributed by atoms with van der Waals surface area (Å²) in [6, 6.07) is 0.182. The van der Waals surface area contributed by atoms with Gasteiger partial charge in [-0.05, 0) is 12.3 Å². The van der Waals surface area contributed by atoms with Gasteiger partial charge in [-0.3, -0.25) is 10.1 Å². The summed E-state index contributed by atoms with van der Waals surface area (Å²) < 4.78 is 26.9. The molecular weight excluding hydrogens is 274 g/mol. The number of nitro benzene ring substituents is 1. The van der Waals surface area contributed by atoms with Crippen molar-refractivity contribution in [2.24, 2.45) is 5.92 Å². The number of aliphatic carboxylic acids is 1. The fourth-order valence-electron chi connectivity index (χ4n) is 2.55. The van der Waals surface area contributed by atoms with Crippen molar-refractivity contribution in [3.05, 3.63) is 33.9 Å². The molecule has 1 aliphatic heterocycles. The molecule has 1 N–H and O–H groups in total. The van der Waals surface area contributed by atoms with Gasteiger partial charge in [0.15, 0.2) is 0 Å². The number of halogens is 2. The Morgan fingerprint density at radius 1 is 1.50 bits per heavy atom. The van der Waals surface area contributed by atoms with E-state index in [1.54, 1.807) is 6.92 Å². The Kier molecular flexibility index (Phi) is 3.56. The van der Waals surface area contributed by atoms with E-state index in [4.69, 9.17) is 0 Å². The van der Waals surface area contributed by atoms with Gasteiger partial charge in [-0.1, -0.05) is 6.92 Å². The van der Waals surface area contributed by atoms with Gasteiger partial charge in [0.05, 0.1) is 4.92 Å². The molecule has 1 aromatic carbocycles. The molecule has 0 radical (unpaired) electrons. The maximum absolute atomic E-state index is 13.6. The van der Waals surface area contributed by atoms with Crippen molar-refractivity contribution >= 4 is 17.3 Å². The zero-order valence-corrected chi connectivity index (χ0v) is 10.5. The van der Waals surface area contributed by atoms with E-state index in [0.717, 1.165) is 6.07 Å². The normalized spacial score (nSPS) is 22.1. The highest BCUT2D eigenvalue weighted by molar-refractivity contribution is 5.81. The summed E-state index contributed by atoms with van der Waals surface area (Å²) in [6.45, 7) is 1.88. The molecular formula is C12H12F2N2O4. The average Bonchev–Trinajstić information content (AvgIpc) is 2.69. The third-order valence-electron chi connectivity index (χ3n) is 3.45. The second-order valence-electron chi connectivity index (χ2n) is 4.75. The fraction of sp³-hybridized carbons (Fsp3) is 0.417. The molecule has 2 unspecified atom stereocenters. The largest absolute Gasteiger partial charge is 0.480 e. The van der Waals surface area contributed by atoms with Crippen LogP contribution in [0.2, 0.25) is 0 Å². The van der Waals surface area contributed by atoms with E-state index in [1.165, 1.54) is 4.90 Å². The van der Waals surface area contributed by atoms with Gasteiger partial charge in [-0.15, -0.1) is 0 Å². The maximum atomic E-state index is 13.6. The van der Waals surface area contributed by atoms with Crippen LogP contribution in [0.4, 0.5) is 20.2 Å². The molecule has 1 heterocycles. The molecule has 1 aromatic rings. The summed E-state index contributed by atoms with van der Waals surface area (Å²) in [4.78, 5) is 22.4. The predicted molar refractivity (Wildman–Crippen MR) is 65.6 cm³/mol. The highest BCUT2D eigenvalue weighted by atomic mass is 19.1. The Balaban J connectivity index is 2.57. The van der Waals surface area contributed by atoms with Crippen molar-refractivity contribution in [3.63, 3.8) is 0 Å². The number of rotatable bonds is 3. The predicted octanol–water partition coefficient (Wildman–Crippen LogP) is 2.17. The van der Waals surface area contributed by atoms with E-state index in [1.807, 2.05) is 0 Å². The number of nitro groups is 1. The van der Waals surface area contributed by atoms with Crippen LogP contribution < -0.4 is 4.90 Å². The smallest absolute Gasteiger partial charge is 0.328 e. The van der Waals surface area contributed by atoms with Crippen molar-refractivity contribution in [2.75, 3.05) is 11.4 Å². The number of hydrogen-bond donors (Lipinski definition) is 1. The van der Waals surface area contributed by atoms with Crippen molar-refractivity contribution in [1.29, 1.82) is 0 Å². The van der Waals surface area contributed by atoms with Crippen molar-refractivity contribution in [1.82, 2.24) is 0 Å². The number of benzene rings is 1. The molecule has 1 aliphatic rings. The SMILES string of the molecule is CC1CCN(c2cc(F)cc(F)c2[N+](=O)[O-])C1C(=O)O. The second-order valence-corrected chi connectivity index (χ2v) is 4.75. The van der Waals surface area contributed by atoms with Crippen molar-refractivity contribution < 1.29 is 23.6 Å². The summed E-state index contributed by atoms with van der Waals surface area (Å²) in [7, 11) is 0. The molecule has 0 spiro atoms. The van der Waals surface area contributed by atoms with Crippen LogP contribution in [0.1, 0.15) is 13.3 Å². The molecule has 1 saturated heterocycles. The van der Waals surface area contributed by atoms with E-state index in [9.17, 15) is 28.8 Å². The number of hydrogen-bond acceptors (Lipinski definition) is 4. The molecule has 2 rings (SSSR count). The van der Waals surface area contributed by atoms with Crippen molar-refractivity contribution in [2.45, 2.75) is 19.4 Å². The highest BCUT2D eigenvalue weighted by Gasteiger charge is 2.40. The topological polar surface area (TPSA) is 83.7 Å². The first-order chi connectivity index (χ1) is 9.32. The van der Waals surface area contributed by atoms with Crippen LogP contribution in [0.5, 0.6) is 0 Å². The maximum Gasteiger partial charge on any atom is 0.328 e. The lowest BCUT2D eigenvalue weighted by molar-refractivity contribution is -0.386. The lowest BCUT2D eigenvalue weighted by atomic mass is 10.0. The molecule has 1 fully saturated rings. The number of carbonyl (C=O) groups is 1. The Labute approximate surface area is 112 Å². The monoisotopic (exact) mass is 286 g/mol. The number of carboxylic acid groups (broad SMARTS) is 1. The zero-order valence-electron chi connectivity index (χ0n) is 10.5. The van der Waals surface area contributed by atoms with Crippen LogP contribution in [-0.4, -0.2) is 28.6 Å². The summed E-state index contributed by atoms with van der Waals surface area (Å²) >= 11 is 0. The van der Waals surface area contributed by atoms with E-state index in [-0.39, 0.29) is 18.2 Å². The quantitative estimate of drug-likeness (QED) is 0.680. The summed E-state index contributed by atoms with van der Waals surface area (Å²) in [5, 5.41) is 20.1. The molecule has 20 heavy (non-hydrogen) atoms. The lowest BCUT2D eigenvalue weighted by Gasteiger charge is -2.25. The van der Waals surface area contributed by atoms with Gasteiger partial charge in [0.2, 0.25) is 5.82 Å². The Bertz CT molecular complexity index is 579. The van der Waals surface area contributed by atoms with E-state index in [0.29, 0.717) is 12.5 Å². The Hall–Kier alpha value is -2.25. The minimum atomic E-state index is -1.31. The minimum Gasteiger partial charge on any atom is -0.480 e. The number of anilines is 1. The third-order valence-corrected chi connectivity index (χ3v) is 3.45. The molecule has 2 atom stereocenters. The van der Waals surface area contributed by atoms with Crippen LogP contribution in [0.15, 0.2) is 12.1 Å². The molecule has 0 bridgehead atoms. The fourth-order valence-corrected chi connectivity index (χ4v) is 2.55. The standard InChI is InChI=1S/C12H12F2N2O4/c1-6-2-3-15(10(6)12(17)18)9-5-7(13)4-8(14)11(9)16(19)20/h4-6,10H,2-3H2,1H3,(H,17,18). The van der Waals surface area contributed by atoms with Crippen LogP contribution >= 0.6 is 0 Å². The first kappa shape index (κ1) is 14.2. The molecule has 0 amide bonds. The Morgan fingerprint density at radius 2 is 2.15 bits per heavy atom. The molecule has 108 valence electrons. The molecule has 0 saturated carbocycles. The number of nitrogens with zero attached hydrogens (tertiary/aromatic N) is 2. The van der Waals surface area contributed by atoms with Crippen molar-refractivity contribution in [3.8, 4) is 0 Å². The van der Waals surface area contributed by atoms with Crippen LogP contribution in [0.25, 0.3) is 0 Å². The van der Waals surface area contributed by atoms with E-state index in [2.05, 4.69) is 0 Å². The summed E-state index contributed by atoms with van der Waals surface area (Å²) in [5.41, 5.74) is -1.23. The molecule has 6 nitrogen and oxygen atoms in total. The van der Waals surface area contributed by atoms with Crippen LogP contribution in [-0.2, 0) is 4.79 Å². The minimum absolute atomic E-state index is 0.196. The van der Waals surface area contributed by atoms with E-state index < -0.39 is 34.3 Å². The molecule has 8 heteroatoms. The summed E-state index contributed by atoms with van der Waals surface area (Å²) in [6.07, 6.45) is 0.478. The highest BCUT2D eigenvalue weighted by Crippen LogP contribution is 2.38. The van der Waals surface area contributed by atoms with Gasteiger partial charge in [0.25, 0.3) is 0 Å². The van der Waals surface area contributed by atoms with Crippen LogP contribution in [0, 0.1) is 27.7 Å². The van der Waals surface area contributed by atoms with Gasteiger partial charge in [0, 0.05) is 18.7 Å². The first-order valence-corrected chi connectivity index (χ1v) is 5.95. The molecule has 0 aromatic heterocycles. The number of carboxylic acids is 1. The van der Waals surface area contributed by atoms with Gasteiger partial charge in [-0.2, -0.15) is 4.39 Å². The Morgan fingerprint density at radius 3 is 2.70 bits per heavy atom. The van der Waals surface area contributed by atoms with Gasteiger partial charge in [-0.25, -0.2) is 9.18 Å². The first-order valence-electron chi connectivity index (χ1n) is 5.95. The van der Waals surface area contributed by atoms with Gasteiger partial charge in [0.1, 0.15) is 17.5 Å². The average molecular weight is 286 g/mol. The lowest BCUT2D eigenvalue weighted by Crippen LogP contribution is -2.39. The van der Waals surface area contributed by atoms with Crippen LogP contribution in [0.3, 0.4) is 0 Å². The molecule has 0 aliphatic carbocycles.